The maximum Gasteiger partial charge on any atom is 0.335 e. The first kappa shape index (κ1) is 20.4. The van der Waals surface area contributed by atoms with Gasteiger partial charge in [0, 0.05) is 11.8 Å². The van der Waals surface area contributed by atoms with E-state index in [1.807, 2.05) is 0 Å². The number of pyridine rings is 1. The van der Waals surface area contributed by atoms with E-state index in [-0.39, 0.29) is 27.4 Å². The third-order valence-corrected chi connectivity index (χ3v) is 5.10. The average molecular weight is 436 g/mol. The Kier molecular flexibility index (Phi) is 5.12. The Morgan fingerprint density at radius 2 is 1.94 bits per heavy atom. The van der Waals surface area contributed by atoms with Crippen molar-refractivity contribution in [2.75, 3.05) is 0 Å². The van der Waals surface area contributed by atoms with Crippen molar-refractivity contribution in [1.29, 1.82) is 0 Å². The number of benzene rings is 2. The van der Waals surface area contributed by atoms with Gasteiger partial charge in [0.2, 0.25) is 0 Å². The third-order valence-electron chi connectivity index (χ3n) is 4.79. The van der Waals surface area contributed by atoms with Gasteiger partial charge >= 0.3 is 5.97 Å². The predicted molar refractivity (Wildman–Crippen MR) is 116 cm³/mol. The highest BCUT2D eigenvalue weighted by molar-refractivity contribution is 6.34. The molecule has 0 saturated carbocycles. The van der Waals surface area contributed by atoms with Crippen molar-refractivity contribution >= 4 is 40.1 Å². The van der Waals surface area contributed by atoms with Crippen LogP contribution >= 0.6 is 11.6 Å². The number of halogens is 2. The van der Waals surface area contributed by atoms with Gasteiger partial charge in [-0.1, -0.05) is 35.9 Å². The van der Waals surface area contributed by atoms with Crippen LogP contribution in [0.3, 0.4) is 0 Å². The Hall–Kier alpha value is -3.84. The number of aromatic carboxylic acids is 1. The van der Waals surface area contributed by atoms with Crippen LogP contribution in [-0.4, -0.2) is 31.7 Å². The minimum absolute atomic E-state index is 0.0273. The Morgan fingerprint density at radius 1 is 1.16 bits per heavy atom. The smallest absolute Gasteiger partial charge is 0.335 e. The maximum absolute atomic E-state index is 14.7. The molecule has 0 amide bonds. The quantitative estimate of drug-likeness (QED) is 0.469. The van der Waals surface area contributed by atoms with Gasteiger partial charge in [0.1, 0.15) is 17.0 Å². The second-order valence-corrected chi connectivity index (χ2v) is 7.29. The lowest BCUT2D eigenvalue weighted by molar-refractivity contribution is 0.0696. The fraction of sp³-hybridized carbons (Fsp3) is 0.0435. The van der Waals surface area contributed by atoms with Gasteiger partial charge in [-0.3, -0.25) is 9.78 Å². The van der Waals surface area contributed by atoms with Gasteiger partial charge in [-0.2, -0.15) is 9.78 Å². The zero-order chi connectivity index (χ0) is 22.3. The Bertz CT molecular complexity index is 1390. The number of rotatable bonds is 4. The largest absolute Gasteiger partial charge is 0.478 e. The number of carboxylic acids is 1. The molecule has 31 heavy (non-hydrogen) atoms. The lowest BCUT2D eigenvalue weighted by Gasteiger charge is -2.10. The van der Waals surface area contributed by atoms with E-state index in [1.165, 1.54) is 18.3 Å². The van der Waals surface area contributed by atoms with Gasteiger partial charge < -0.3 is 5.11 Å². The highest BCUT2D eigenvalue weighted by Crippen LogP contribution is 2.31. The zero-order valence-corrected chi connectivity index (χ0v) is 17.0. The predicted octanol–water partition coefficient (Wildman–Crippen LogP) is 5.31. The first-order chi connectivity index (χ1) is 14.8. The SMILES string of the molecule is C=C(C)c1cccc(Cl)c1C(=O)n1nc(-c2ccc(C(=O)O)cc2F)c2ncccc21. The van der Waals surface area contributed by atoms with Crippen molar-refractivity contribution in [3.63, 3.8) is 0 Å². The van der Waals surface area contributed by atoms with Gasteiger partial charge in [-0.15, -0.1) is 0 Å². The summed E-state index contributed by atoms with van der Waals surface area (Å²) in [5.41, 5.74) is 2.04. The van der Waals surface area contributed by atoms with Crippen LogP contribution in [0, 0.1) is 5.82 Å². The summed E-state index contributed by atoms with van der Waals surface area (Å²) < 4.78 is 15.9. The van der Waals surface area contributed by atoms with Crippen LogP contribution in [0.4, 0.5) is 4.39 Å². The van der Waals surface area contributed by atoms with Crippen molar-refractivity contribution in [2.45, 2.75) is 6.92 Å². The molecule has 2 heterocycles. The number of carbonyl (C=O) groups excluding carboxylic acids is 1. The molecule has 6 nitrogen and oxygen atoms in total. The summed E-state index contributed by atoms with van der Waals surface area (Å²) in [4.78, 5) is 28.8. The van der Waals surface area contributed by atoms with Crippen molar-refractivity contribution in [3.8, 4) is 11.3 Å². The summed E-state index contributed by atoms with van der Waals surface area (Å²) in [7, 11) is 0. The molecule has 2 aromatic heterocycles. The van der Waals surface area contributed by atoms with Crippen LogP contribution in [-0.2, 0) is 0 Å². The zero-order valence-electron chi connectivity index (χ0n) is 16.3. The van der Waals surface area contributed by atoms with E-state index in [4.69, 9.17) is 16.7 Å². The molecular weight excluding hydrogens is 421 g/mol. The average Bonchev–Trinajstić information content (AvgIpc) is 3.12. The third kappa shape index (κ3) is 3.49. The van der Waals surface area contributed by atoms with E-state index in [9.17, 15) is 14.0 Å². The van der Waals surface area contributed by atoms with Crippen molar-refractivity contribution < 1.29 is 19.1 Å². The van der Waals surface area contributed by atoms with Crippen LogP contribution in [0.25, 0.3) is 27.9 Å². The molecule has 0 aliphatic carbocycles. The first-order valence-electron chi connectivity index (χ1n) is 9.15. The number of allylic oxidation sites excluding steroid dienone is 1. The lowest BCUT2D eigenvalue weighted by atomic mass is 10.0. The van der Waals surface area contributed by atoms with E-state index in [0.29, 0.717) is 22.2 Å². The lowest BCUT2D eigenvalue weighted by Crippen LogP contribution is -2.16. The fourth-order valence-corrected chi connectivity index (χ4v) is 3.59. The second kappa shape index (κ2) is 7.77. The molecule has 4 rings (SSSR count). The molecular formula is C23H15ClFN3O3. The van der Waals surface area contributed by atoms with Crippen LogP contribution in [0.15, 0.2) is 61.3 Å². The Morgan fingerprint density at radius 3 is 2.61 bits per heavy atom. The number of aromatic nitrogens is 3. The molecule has 0 atom stereocenters. The summed E-state index contributed by atoms with van der Waals surface area (Å²) in [6.07, 6.45) is 1.50. The van der Waals surface area contributed by atoms with Crippen LogP contribution in [0.5, 0.6) is 0 Å². The summed E-state index contributed by atoms with van der Waals surface area (Å²) in [6.45, 7) is 5.66. The molecule has 0 fully saturated rings. The minimum atomic E-state index is -1.25. The van der Waals surface area contributed by atoms with E-state index in [2.05, 4.69) is 16.7 Å². The molecule has 154 valence electrons. The van der Waals surface area contributed by atoms with Gasteiger partial charge in [-0.25, -0.2) is 9.18 Å². The van der Waals surface area contributed by atoms with Crippen LogP contribution < -0.4 is 0 Å². The molecule has 0 saturated heterocycles. The van der Waals surface area contributed by atoms with E-state index in [1.54, 1.807) is 37.3 Å². The van der Waals surface area contributed by atoms with Crippen molar-refractivity contribution in [1.82, 2.24) is 14.8 Å². The monoisotopic (exact) mass is 435 g/mol. The molecule has 4 aromatic rings. The highest BCUT2D eigenvalue weighted by atomic mass is 35.5. The number of hydrogen-bond donors (Lipinski definition) is 1. The topological polar surface area (TPSA) is 85.1 Å². The molecule has 0 bridgehead atoms. The van der Waals surface area contributed by atoms with Crippen LogP contribution in [0.1, 0.15) is 33.2 Å². The summed E-state index contributed by atoms with van der Waals surface area (Å²) in [5.74, 6) is -2.56. The van der Waals surface area contributed by atoms with E-state index >= 15 is 0 Å². The van der Waals surface area contributed by atoms with Crippen LogP contribution in [0.2, 0.25) is 5.02 Å². The number of nitrogens with zero attached hydrogens (tertiary/aromatic N) is 3. The van der Waals surface area contributed by atoms with Gasteiger partial charge in [0.15, 0.2) is 0 Å². The number of hydrogen-bond acceptors (Lipinski definition) is 4. The molecule has 0 unspecified atom stereocenters. The molecule has 0 spiro atoms. The first-order valence-corrected chi connectivity index (χ1v) is 9.53. The van der Waals surface area contributed by atoms with Crippen molar-refractivity contribution in [2.24, 2.45) is 0 Å². The summed E-state index contributed by atoms with van der Waals surface area (Å²) in [5, 5.41) is 13.7. The Labute approximate surface area is 181 Å². The summed E-state index contributed by atoms with van der Waals surface area (Å²) >= 11 is 6.33. The van der Waals surface area contributed by atoms with E-state index < -0.39 is 17.7 Å². The number of carboxylic acid groups (broad SMARTS) is 1. The molecule has 0 aliphatic rings. The van der Waals surface area contributed by atoms with Gasteiger partial charge in [0.25, 0.3) is 5.91 Å². The molecule has 2 aromatic carbocycles. The molecule has 0 radical (unpaired) electrons. The summed E-state index contributed by atoms with van der Waals surface area (Å²) in [6, 6.07) is 11.8. The van der Waals surface area contributed by atoms with E-state index in [0.717, 1.165) is 10.7 Å². The molecule has 1 N–H and O–H groups in total. The number of fused-ring (bicyclic) bond motifs is 1. The standard InChI is InChI=1S/C23H15ClFN3O3/c1-12(2)14-5-3-6-16(24)19(14)22(29)28-18-7-4-10-26-21(18)20(27-28)15-9-8-13(23(30)31)11-17(15)25/h3-11H,1H2,2H3,(H,30,31). The van der Waals surface area contributed by atoms with Crippen molar-refractivity contribution in [3.05, 3.63) is 88.8 Å². The minimum Gasteiger partial charge on any atom is -0.478 e. The van der Waals surface area contributed by atoms with Gasteiger partial charge in [0.05, 0.1) is 21.7 Å². The highest BCUT2D eigenvalue weighted by Gasteiger charge is 2.24. The van der Waals surface area contributed by atoms with Gasteiger partial charge in [-0.05, 0) is 48.9 Å². The fourth-order valence-electron chi connectivity index (χ4n) is 3.33. The Balaban J connectivity index is 1.95. The normalized spacial score (nSPS) is 10.9. The molecule has 0 aliphatic heterocycles. The second-order valence-electron chi connectivity index (χ2n) is 6.88. The molecule has 8 heteroatoms. The maximum atomic E-state index is 14.7. The number of carbonyl (C=O) groups is 2.